The van der Waals surface area contributed by atoms with Crippen molar-refractivity contribution in [1.82, 2.24) is 4.90 Å². The fraction of sp³-hybridized carbons (Fsp3) is 1.00. The summed E-state index contributed by atoms with van der Waals surface area (Å²) in [6, 6.07) is 0. The lowest BCUT2D eigenvalue weighted by Gasteiger charge is -2.57. The average Bonchev–Trinajstić information content (AvgIpc) is 2.26. The van der Waals surface area contributed by atoms with E-state index in [1.54, 1.807) is 0 Å². The van der Waals surface area contributed by atoms with Gasteiger partial charge in [-0.3, -0.25) is 4.90 Å². The van der Waals surface area contributed by atoms with E-state index in [2.05, 4.69) is 39.5 Å². The smallest absolute Gasteiger partial charge is 0.0219 e. The normalized spacial score (nSPS) is 30.2. The van der Waals surface area contributed by atoms with Crippen LogP contribution in [0.3, 0.4) is 0 Å². The van der Waals surface area contributed by atoms with Gasteiger partial charge in [0.15, 0.2) is 0 Å². The maximum Gasteiger partial charge on any atom is 0.0219 e. The molecule has 0 radical (unpaired) electrons. The molecule has 19 heavy (non-hydrogen) atoms. The van der Waals surface area contributed by atoms with Crippen molar-refractivity contribution in [3.05, 3.63) is 0 Å². The number of piperidine rings is 1. The van der Waals surface area contributed by atoms with Gasteiger partial charge in [-0.25, -0.2) is 0 Å². The van der Waals surface area contributed by atoms with Gasteiger partial charge < -0.3 is 0 Å². The highest BCUT2D eigenvalue weighted by molar-refractivity contribution is 5.04. The predicted octanol–water partition coefficient (Wildman–Crippen LogP) is 5.25. The van der Waals surface area contributed by atoms with Gasteiger partial charge in [0.1, 0.15) is 0 Å². The number of hydrogen-bond acceptors (Lipinski definition) is 1. The second-order valence-electron chi connectivity index (χ2n) is 8.88. The van der Waals surface area contributed by atoms with E-state index in [-0.39, 0.29) is 0 Å². The Balaban J connectivity index is 2.26. The topological polar surface area (TPSA) is 3.24 Å². The van der Waals surface area contributed by atoms with E-state index in [4.69, 9.17) is 0 Å². The first-order chi connectivity index (χ1) is 8.79. The Morgan fingerprint density at radius 1 is 0.789 bits per heavy atom. The molecule has 0 N–H and O–H groups in total. The van der Waals surface area contributed by atoms with Gasteiger partial charge in [0.25, 0.3) is 0 Å². The summed E-state index contributed by atoms with van der Waals surface area (Å²) in [5.74, 6) is 0. The summed E-state index contributed by atoms with van der Waals surface area (Å²) >= 11 is 0. The minimum Gasteiger partial charge on any atom is -0.298 e. The first-order valence-electron chi connectivity index (χ1n) is 8.54. The highest BCUT2D eigenvalue weighted by Crippen LogP contribution is 2.54. The van der Waals surface area contributed by atoms with E-state index in [1.807, 2.05) is 0 Å². The van der Waals surface area contributed by atoms with Crippen molar-refractivity contribution >= 4 is 0 Å². The third kappa shape index (κ3) is 3.54. The van der Waals surface area contributed by atoms with Crippen molar-refractivity contribution in [2.75, 3.05) is 13.1 Å². The number of hydrogen-bond donors (Lipinski definition) is 0. The molecular formula is C18H35N. The molecule has 0 unspecified atom stereocenters. The summed E-state index contributed by atoms with van der Waals surface area (Å²) in [5.41, 5.74) is 1.52. The van der Waals surface area contributed by atoms with Gasteiger partial charge in [-0.2, -0.15) is 0 Å². The predicted molar refractivity (Wildman–Crippen MR) is 84.5 cm³/mol. The molecule has 1 heteroatoms. The second kappa shape index (κ2) is 5.39. The van der Waals surface area contributed by atoms with Crippen LogP contribution in [-0.4, -0.2) is 23.5 Å². The summed E-state index contributed by atoms with van der Waals surface area (Å²) in [6.45, 7) is 15.1. The van der Waals surface area contributed by atoms with Gasteiger partial charge in [-0.15, -0.1) is 0 Å². The van der Waals surface area contributed by atoms with Gasteiger partial charge in [0, 0.05) is 5.54 Å². The van der Waals surface area contributed by atoms with E-state index in [0.717, 1.165) is 0 Å². The molecule has 2 fully saturated rings. The zero-order chi connectivity index (χ0) is 14.1. The van der Waals surface area contributed by atoms with E-state index in [1.165, 1.54) is 64.5 Å². The summed E-state index contributed by atoms with van der Waals surface area (Å²) in [6.07, 6.45) is 11.3. The molecule has 1 nitrogen and oxygen atoms in total. The third-order valence-corrected chi connectivity index (χ3v) is 5.31. The average molecular weight is 265 g/mol. The Kier molecular flexibility index (Phi) is 4.35. The van der Waals surface area contributed by atoms with Crippen LogP contribution in [0.4, 0.5) is 0 Å². The monoisotopic (exact) mass is 265 g/mol. The van der Waals surface area contributed by atoms with E-state index < -0.39 is 0 Å². The van der Waals surface area contributed by atoms with E-state index in [0.29, 0.717) is 16.4 Å². The molecule has 1 saturated heterocycles. The fourth-order valence-corrected chi connectivity index (χ4v) is 5.66. The highest BCUT2D eigenvalue weighted by atomic mass is 15.2. The third-order valence-electron chi connectivity index (χ3n) is 5.31. The van der Waals surface area contributed by atoms with E-state index >= 15 is 0 Å². The molecule has 1 aliphatic heterocycles. The molecule has 2 aliphatic rings. The molecule has 0 bridgehead atoms. The van der Waals surface area contributed by atoms with Crippen LogP contribution < -0.4 is 0 Å². The zero-order valence-electron chi connectivity index (χ0n) is 14.0. The quantitative estimate of drug-likeness (QED) is 0.674. The zero-order valence-corrected chi connectivity index (χ0v) is 14.0. The molecule has 0 aromatic rings. The van der Waals surface area contributed by atoms with Crippen LogP contribution in [0.15, 0.2) is 0 Å². The molecule has 1 aliphatic carbocycles. The Hall–Kier alpha value is -0.0400. The van der Waals surface area contributed by atoms with Gasteiger partial charge in [0.05, 0.1) is 0 Å². The van der Waals surface area contributed by atoms with E-state index in [9.17, 15) is 0 Å². The fourth-order valence-electron chi connectivity index (χ4n) is 5.66. The molecule has 0 spiro atoms. The van der Waals surface area contributed by atoms with Crippen molar-refractivity contribution in [3.8, 4) is 0 Å². The largest absolute Gasteiger partial charge is 0.298 e. The Bertz CT molecular complexity index is 281. The lowest BCUT2D eigenvalue weighted by Crippen LogP contribution is -2.58. The molecule has 2 rings (SSSR count). The molecule has 0 aromatic carbocycles. The van der Waals surface area contributed by atoms with Crippen LogP contribution in [0.1, 0.15) is 86.0 Å². The van der Waals surface area contributed by atoms with Gasteiger partial charge in [-0.1, -0.05) is 47.5 Å². The minimum atomic E-state index is 0.500. The number of likely N-dealkylation sites (tertiary alicyclic amines) is 1. The Labute approximate surface area is 121 Å². The van der Waals surface area contributed by atoms with Crippen LogP contribution in [-0.2, 0) is 0 Å². The van der Waals surface area contributed by atoms with Crippen LogP contribution in [0.25, 0.3) is 0 Å². The van der Waals surface area contributed by atoms with Crippen molar-refractivity contribution in [3.63, 3.8) is 0 Å². The molecule has 1 heterocycles. The molecule has 0 aromatic heterocycles. The maximum atomic E-state index is 2.89. The number of rotatable bonds is 3. The van der Waals surface area contributed by atoms with Gasteiger partial charge in [-0.05, 0) is 62.4 Å². The lowest BCUT2D eigenvalue weighted by molar-refractivity contribution is -0.0611. The van der Waals surface area contributed by atoms with Gasteiger partial charge in [0.2, 0.25) is 0 Å². The first-order valence-corrected chi connectivity index (χ1v) is 8.54. The molecular weight excluding hydrogens is 230 g/mol. The van der Waals surface area contributed by atoms with Crippen LogP contribution >= 0.6 is 0 Å². The minimum absolute atomic E-state index is 0.500. The summed E-state index contributed by atoms with van der Waals surface area (Å²) < 4.78 is 0. The van der Waals surface area contributed by atoms with Crippen molar-refractivity contribution in [1.29, 1.82) is 0 Å². The highest BCUT2D eigenvalue weighted by Gasteiger charge is 2.49. The summed E-state index contributed by atoms with van der Waals surface area (Å²) in [5, 5.41) is 0. The standard InChI is InChI=1S/C18H35N/c1-6-10-18(19-11-8-7-9-12-19)14-16(2,3)13-17(4,5)15-18/h6-15H2,1-5H3. The Morgan fingerprint density at radius 2 is 1.32 bits per heavy atom. The van der Waals surface area contributed by atoms with Crippen LogP contribution in [0.2, 0.25) is 0 Å². The van der Waals surface area contributed by atoms with Crippen molar-refractivity contribution in [2.45, 2.75) is 91.5 Å². The molecule has 1 saturated carbocycles. The summed E-state index contributed by atoms with van der Waals surface area (Å²) in [4.78, 5) is 2.89. The molecule has 0 atom stereocenters. The lowest BCUT2D eigenvalue weighted by atomic mass is 9.56. The van der Waals surface area contributed by atoms with Gasteiger partial charge >= 0.3 is 0 Å². The first kappa shape index (κ1) is 15.4. The summed E-state index contributed by atoms with van der Waals surface area (Å²) in [7, 11) is 0. The molecule has 0 amide bonds. The SMILES string of the molecule is CCCC1(N2CCCCC2)CC(C)(C)CC(C)(C)C1. The van der Waals surface area contributed by atoms with Crippen LogP contribution in [0, 0.1) is 10.8 Å². The Morgan fingerprint density at radius 3 is 1.79 bits per heavy atom. The number of nitrogens with zero attached hydrogens (tertiary/aromatic N) is 1. The maximum absolute atomic E-state index is 2.89. The van der Waals surface area contributed by atoms with Crippen molar-refractivity contribution < 1.29 is 0 Å². The van der Waals surface area contributed by atoms with Crippen LogP contribution in [0.5, 0.6) is 0 Å². The molecule has 112 valence electrons. The second-order valence-corrected chi connectivity index (χ2v) is 8.88. The van der Waals surface area contributed by atoms with Crippen molar-refractivity contribution in [2.24, 2.45) is 10.8 Å².